The Morgan fingerprint density at radius 2 is 1.88 bits per heavy atom. The second-order valence-corrected chi connectivity index (χ2v) is 5.28. The fraction of sp³-hybridized carbons (Fsp3) is 0.500. The molecular formula is C14H18O2. The van der Waals surface area contributed by atoms with Gasteiger partial charge in [0.2, 0.25) is 0 Å². The first-order valence-electron chi connectivity index (χ1n) is 5.76. The van der Waals surface area contributed by atoms with Crippen molar-refractivity contribution in [3.63, 3.8) is 0 Å². The minimum Gasteiger partial charge on any atom is -0.462 e. The van der Waals surface area contributed by atoms with Crippen LogP contribution in [0.5, 0.6) is 0 Å². The van der Waals surface area contributed by atoms with Crippen LogP contribution in [-0.2, 0) is 9.53 Å². The molecular weight excluding hydrogens is 200 g/mol. The lowest BCUT2D eigenvalue weighted by molar-refractivity contribution is -0.162. The van der Waals surface area contributed by atoms with Crippen LogP contribution >= 0.6 is 0 Å². The Balaban J connectivity index is 2.35. The summed E-state index contributed by atoms with van der Waals surface area (Å²) in [4.78, 5) is 12.0. The van der Waals surface area contributed by atoms with Crippen LogP contribution in [0.15, 0.2) is 30.3 Å². The highest BCUT2D eigenvalue weighted by atomic mass is 16.5. The van der Waals surface area contributed by atoms with Crippen molar-refractivity contribution in [3.05, 3.63) is 35.9 Å². The van der Waals surface area contributed by atoms with E-state index in [1.807, 2.05) is 37.3 Å². The van der Waals surface area contributed by atoms with Gasteiger partial charge < -0.3 is 4.74 Å². The van der Waals surface area contributed by atoms with Crippen LogP contribution in [-0.4, -0.2) is 12.1 Å². The molecule has 0 bridgehead atoms. The summed E-state index contributed by atoms with van der Waals surface area (Å²) < 4.78 is 5.35. The van der Waals surface area contributed by atoms with E-state index >= 15 is 0 Å². The maximum absolute atomic E-state index is 12.0. The van der Waals surface area contributed by atoms with Crippen molar-refractivity contribution >= 4 is 5.97 Å². The van der Waals surface area contributed by atoms with E-state index in [9.17, 15) is 4.79 Å². The molecule has 0 spiro atoms. The molecule has 1 fully saturated rings. The Bertz CT molecular complexity index is 381. The van der Waals surface area contributed by atoms with Gasteiger partial charge in [-0.2, -0.15) is 0 Å². The van der Waals surface area contributed by atoms with Gasteiger partial charge >= 0.3 is 5.97 Å². The van der Waals surface area contributed by atoms with E-state index in [4.69, 9.17) is 4.74 Å². The number of carbonyl (C=O) groups excluding carboxylic acids is 1. The molecule has 1 aromatic rings. The number of rotatable bonds is 1. The topological polar surface area (TPSA) is 26.3 Å². The van der Waals surface area contributed by atoms with Gasteiger partial charge in [0.15, 0.2) is 0 Å². The molecule has 1 saturated heterocycles. The average Bonchev–Trinajstić information content (AvgIpc) is 2.15. The minimum absolute atomic E-state index is 0.0301. The molecule has 0 N–H and O–H groups in total. The number of ether oxygens (including phenoxy) is 1. The minimum atomic E-state index is -0.134. The fourth-order valence-electron chi connectivity index (χ4n) is 2.72. The number of hydrogen-bond donors (Lipinski definition) is 0. The van der Waals surface area contributed by atoms with Gasteiger partial charge in [0.05, 0.1) is 12.0 Å². The molecule has 0 unspecified atom stereocenters. The molecule has 1 heterocycles. The molecule has 1 aliphatic rings. The van der Waals surface area contributed by atoms with E-state index in [-0.39, 0.29) is 23.4 Å². The van der Waals surface area contributed by atoms with Crippen LogP contribution in [0.4, 0.5) is 0 Å². The number of cyclic esters (lactones) is 1. The molecule has 86 valence electrons. The summed E-state index contributed by atoms with van der Waals surface area (Å²) in [6.45, 7) is 6.24. The number of carbonyl (C=O) groups is 1. The lowest BCUT2D eigenvalue weighted by Crippen LogP contribution is -2.40. The number of benzene rings is 1. The first-order valence-corrected chi connectivity index (χ1v) is 5.76. The van der Waals surface area contributed by atoms with E-state index in [1.165, 1.54) is 0 Å². The second-order valence-electron chi connectivity index (χ2n) is 5.28. The SMILES string of the molecule is C[C@H]1CC(C)(C)[C@H](c2ccccc2)C(=O)O1. The highest BCUT2D eigenvalue weighted by Crippen LogP contribution is 2.44. The molecule has 0 aromatic heterocycles. The predicted octanol–water partition coefficient (Wildman–Crippen LogP) is 3.13. The third-order valence-corrected chi connectivity index (χ3v) is 3.28. The van der Waals surface area contributed by atoms with Gasteiger partial charge in [-0.05, 0) is 24.3 Å². The lowest BCUT2D eigenvalue weighted by Gasteiger charge is -2.40. The van der Waals surface area contributed by atoms with Gasteiger partial charge in [-0.25, -0.2) is 0 Å². The molecule has 2 rings (SSSR count). The normalized spacial score (nSPS) is 28.6. The standard InChI is InChI=1S/C14H18O2/c1-10-9-14(2,3)12(13(15)16-10)11-7-5-4-6-8-11/h4-8,10,12H,9H2,1-3H3/t10-,12+/m0/s1. The Labute approximate surface area is 96.6 Å². The number of hydrogen-bond acceptors (Lipinski definition) is 2. The summed E-state index contributed by atoms with van der Waals surface area (Å²) >= 11 is 0. The Morgan fingerprint density at radius 3 is 2.44 bits per heavy atom. The van der Waals surface area contributed by atoms with Crippen molar-refractivity contribution in [1.29, 1.82) is 0 Å². The Morgan fingerprint density at radius 1 is 1.25 bits per heavy atom. The van der Waals surface area contributed by atoms with E-state index in [2.05, 4.69) is 13.8 Å². The third-order valence-electron chi connectivity index (χ3n) is 3.28. The maximum Gasteiger partial charge on any atom is 0.314 e. The van der Waals surface area contributed by atoms with Crippen LogP contribution in [0.1, 0.15) is 38.7 Å². The second kappa shape index (κ2) is 3.93. The highest BCUT2D eigenvalue weighted by molar-refractivity contribution is 5.80. The van der Waals surface area contributed by atoms with Crippen LogP contribution in [0.25, 0.3) is 0 Å². The van der Waals surface area contributed by atoms with Crippen molar-refractivity contribution in [2.45, 2.75) is 39.2 Å². The van der Waals surface area contributed by atoms with E-state index < -0.39 is 0 Å². The van der Waals surface area contributed by atoms with Crippen LogP contribution in [0, 0.1) is 5.41 Å². The first-order chi connectivity index (χ1) is 7.50. The van der Waals surface area contributed by atoms with Gasteiger partial charge in [0.25, 0.3) is 0 Å². The first kappa shape index (κ1) is 11.2. The van der Waals surface area contributed by atoms with Crippen molar-refractivity contribution < 1.29 is 9.53 Å². The van der Waals surface area contributed by atoms with Crippen LogP contribution < -0.4 is 0 Å². The highest BCUT2D eigenvalue weighted by Gasteiger charge is 2.43. The monoisotopic (exact) mass is 218 g/mol. The third kappa shape index (κ3) is 1.97. The quantitative estimate of drug-likeness (QED) is 0.677. The van der Waals surface area contributed by atoms with Crippen LogP contribution in [0.3, 0.4) is 0 Å². The largest absolute Gasteiger partial charge is 0.462 e. The molecule has 2 atom stereocenters. The summed E-state index contributed by atoms with van der Waals surface area (Å²) in [5.41, 5.74) is 1.03. The zero-order valence-electron chi connectivity index (χ0n) is 10.1. The van der Waals surface area contributed by atoms with Gasteiger partial charge in [-0.3, -0.25) is 4.79 Å². The zero-order valence-corrected chi connectivity index (χ0v) is 10.1. The summed E-state index contributed by atoms with van der Waals surface area (Å²) in [6.07, 6.45) is 0.945. The summed E-state index contributed by atoms with van der Waals surface area (Å²) in [5, 5.41) is 0. The zero-order chi connectivity index (χ0) is 11.8. The van der Waals surface area contributed by atoms with E-state index in [0.717, 1.165) is 12.0 Å². The van der Waals surface area contributed by atoms with Gasteiger partial charge in [-0.15, -0.1) is 0 Å². The summed E-state index contributed by atoms with van der Waals surface area (Å²) in [5.74, 6) is -0.222. The molecule has 0 aliphatic carbocycles. The summed E-state index contributed by atoms with van der Waals surface area (Å²) in [7, 11) is 0. The van der Waals surface area contributed by atoms with Crippen molar-refractivity contribution in [2.75, 3.05) is 0 Å². The lowest BCUT2D eigenvalue weighted by atomic mass is 9.70. The molecule has 1 aromatic carbocycles. The average molecular weight is 218 g/mol. The van der Waals surface area contributed by atoms with E-state index in [0.29, 0.717) is 0 Å². The van der Waals surface area contributed by atoms with E-state index in [1.54, 1.807) is 0 Å². The van der Waals surface area contributed by atoms with Crippen molar-refractivity contribution in [2.24, 2.45) is 5.41 Å². The molecule has 2 nitrogen and oxygen atoms in total. The van der Waals surface area contributed by atoms with Crippen LogP contribution in [0.2, 0.25) is 0 Å². The molecule has 0 radical (unpaired) electrons. The summed E-state index contributed by atoms with van der Waals surface area (Å²) in [6, 6.07) is 9.91. The molecule has 0 saturated carbocycles. The van der Waals surface area contributed by atoms with Gasteiger partial charge in [0.1, 0.15) is 0 Å². The Hall–Kier alpha value is -1.31. The predicted molar refractivity (Wildman–Crippen MR) is 63.1 cm³/mol. The van der Waals surface area contributed by atoms with Crippen molar-refractivity contribution in [1.82, 2.24) is 0 Å². The smallest absolute Gasteiger partial charge is 0.314 e. The number of esters is 1. The van der Waals surface area contributed by atoms with Gasteiger partial charge in [-0.1, -0.05) is 44.2 Å². The molecule has 2 heteroatoms. The van der Waals surface area contributed by atoms with Gasteiger partial charge in [0, 0.05) is 0 Å². The molecule has 0 amide bonds. The molecule has 16 heavy (non-hydrogen) atoms. The Kier molecular flexibility index (Phi) is 2.75. The maximum atomic E-state index is 12.0. The molecule has 1 aliphatic heterocycles. The fourth-order valence-corrected chi connectivity index (χ4v) is 2.72. The van der Waals surface area contributed by atoms with Crippen molar-refractivity contribution in [3.8, 4) is 0 Å².